The van der Waals surface area contributed by atoms with Gasteiger partial charge in [-0.3, -0.25) is 9.59 Å². The zero-order valence-electron chi connectivity index (χ0n) is 15.9. The van der Waals surface area contributed by atoms with Crippen LogP contribution in [0.2, 0.25) is 0 Å². The molecule has 1 aliphatic heterocycles. The SMILES string of the molecule is C=CC(=O)N1CC[C@@H](N(C)c2nnc(C(N)=O)c(Nc3cccc(C)c3)n2)C1. The van der Waals surface area contributed by atoms with E-state index in [0.29, 0.717) is 19.0 Å². The number of rotatable bonds is 6. The fourth-order valence-corrected chi connectivity index (χ4v) is 3.13. The van der Waals surface area contributed by atoms with Crippen LogP contribution in [0.1, 0.15) is 22.5 Å². The summed E-state index contributed by atoms with van der Waals surface area (Å²) in [5.41, 5.74) is 7.21. The summed E-state index contributed by atoms with van der Waals surface area (Å²) in [5, 5.41) is 11.1. The minimum Gasteiger partial charge on any atom is -0.364 e. The van der Waals surface area contributed by atoms with Gasteiger partial charge in [0.1, 0.15) is 0 Å². The Bertz CT molecular complexity index is 915. The molecule has 1 aromatic carbocycles. The number of nitrogens with zero attached hydrogens (tertiary/aromatic N) is 5. The van der Waals surface area contributed by atoms with Crippen LogP contribution in [0.25, 0.3) is 0 Å². The molecule has 0 bridgehead atoms. The van der Waals surface area contributed by atoms with Crippen LogP contribution in [0.15, 0.2) is 36.9 Å². The molecule has 0 aliphatic carbocycles. The summed E-state index contributed by atoms with van der Waals surface area (Å²) in [6.45, 7) is 6.68. The topological polar surface area (TPSA) is 117 Å². The maximum atomic E-state index is 11.8. The van der Waals surface area contributed by atoms with Crippen LogP contribution in [0.5, 0.6) is 0 Å². The minimum absolute atomic E-state index is 0.0338. The monoisotopic (exact) mass is 381 g/mol. The minimum atomic E-state index is -0.715. The first-order valence-corrected chi connectivity index (χ1v) is 8.91. The smallest absolute Gasteiger partial charge is 0.273 e. The lowest BCUT2D eigenvalue weighted by Gasteiger charge is -2.24. The van der Waals surface area contributed by atoms with Gasteiger partial charge in [-0.05, 0) is 37.1 Å². The third kappa shape index (κ3) is 4.08. The molecule has 28 heavy (non-hydrogen) atoms. The number of carbonyl (C=O) groups excluding carboxylic acids is 2. The first-order valence-electron chi connectivity index (χ1n) is 8.91. The van der Waals surface area contributed by atoms with Crippen LogP contribution in [0, 0.1) is 6.92 Å². The molecule has 1 atom stereocenters. The molecule has 1 aliphatic rings. The summed E-state index contributed by atoms with van der Waals surface area (Å²) in [4.78, 5) is 31.6. The first-order chi connectivity index (χ1) is 13.4. The van der Waals surface area contributed by atoms with Crippen molar-refractivity contribution in [3.05, 3.63) is 48.2 Å². The van der Waals surface area contributed by atoms with E-state index in [4.69, 9.17) is 5.73 Å². The molecule has 146 valence electrons. The lowest BCUT2D eigenvalue weighted by molar-refractivity contribution is -0.125. The standard InChI is InChI=1S/C19H23N7O2/c1-4-15(27)26-9-8-14(11-26)25(3)19-22-18(16(17(20)28)23-24-19)21-13-7-5-6-12(2)10-13/h4-7,10,14H,1,8-9,11H2,2-3H3,(H2,20,28)(H,21,22,24)/t14-/m1/s1. The molecule has 1 fully saturated rings. The zero-order chi connectivity index (χ0) is 20.3. The summed E-state index contributed by atoms with van der Waals surface area (Å²) in [7, 11) is 1.84. The zero-order valence-corrected chi connectivity index (χ0v) is 15.9. The van der Waals surface area contributed by atoms with E-state index in [1.807, 2.05) is 43.1 Å². The molecule has 2 amide bonds. The van der Waals surface area contributed by atoms with Crippen LogP contribution >= 0.6 is 0 Å². The van der Waals surface area contributed by atoms with Crippen molar-refractivity contribution in [2.75, 3.05) is 30.4 Å². The summed E-state index contributed by atoms with van der Waals surface area (Å²) in [6.07, 6.45) is 2.09. The lowest BCUT2D eigenvalue weighted by atomic mass is 10.2. The van der Waals surface area contributed by atoms with Crippen LogP contribution in [-0.4, -0.2) is 58.1 Å². The average molecular weight is 381 g/mol. The Morgan fingerprint density at radius 1 is 1.39 bits per heavy atom. The van der Waals surface area contributed by atoms with Crippen LogP contribution < -0.4 is 16.0 Å². The largest absolute Gasteiger partial charge is 0.364 e. The van der Waals surface area contributed by atoms with Crippen molar-refractivity contribution in [3.63, 3.8) is 0 Å². The number of likely N-dealkylation sites (tertiary alicyclic amines) is 1. The second-order valence-corrected chi connectivity index (χ2v) is 6.71. The van der Waals surface area contributed by atoms with Crippen molar-refractivity contribution >= 4 is 29.3 Å². The molecule has 1 saturated heterocycles. The van der Waals surface area contributed by atoms with Crippen LogP contribution in [0.3, 0.4) is 0 Å². The van der Waals surface area contributed by atoms with Gasteiger partial charge in [0.2, 0.25) is 11.9 Å². The molecular formula is C19H23N7O2. The predicted molar refractivity (Wildman–Crippen MR) is 106 cm³/mol. The highest BCUT2D eigenvalue weighted by atomic mass is 16.2. The second-order valence-electron chi connectivity index (χ2n) is 6.71. The van der Waals surface area contributed by atoms with Gasteiger partial charge in [-0.15, -0.1) is 10.2 Å². The van der Waals surface area contributed by atoms with E-state index in [0.717, 1.165) is 17.7 Å². The number of benzene rings is 1. The van der Waals surface area contributed by atoms with Gasteiger partial charge in [0.15, 0.2) is 11.5 Å². The Morgan fingerprint density at radius 3 is 2.86 bits per heavy atom. The number of likely N-dealkylation sites (N-methyl/N-ethyl adjacent to an activating group) is 1. The molecule has 0 spiro atoms. The Kier molecular flexibility index (Phi) is 5.53. The number of amides is 2. The number of primary amides is 1. The maximum absolute atomic E-state index is 11.8. The summed E-state index contributed by atoms with van der Waals surface area (Å²) in [6, 6.07) is 7.68. The molecule has 2 aromatic rings. The number of hydrogen-bond acceptors (Lipinski definition) is 7. The fourth-order valence-electron chi connectivity index (χ4n) is 3.13. The maximum Gasteiger partial charge on any atom is 0.273 e. The number of aryl methyl sites for hydroxylation is 1. The van der Waals surface area contributed by atoms with E-state index in [9.17, 15) is 9.59 Å². The number of carbonyl (C=O) groups is 2. The third-order valence-corrected chi connectivity index (χ3v) is 4.70. The fraction of sp³-hybridized carbons (Fsp3) is 0.316. The normalized spacial score (nSPS) is 15.9. The highest BCUT2D eigenvalue weighted by Crippen LogP contribution is 2.23. The molecule has 0 radical (unpaired) electrons. The number of anilines is 3. The van der Waals surface area contributed by atoms with E-state index in [1.165, 1.54) is 6.08 Å². The molecule has 9 nitrogen and oxygen atoms in total. The van der Waals surface area contributed by atoms with Gasteiger partial charge < -0.3 is 20.9 Å². The van der Waals surface area contributed by atoms with E-state index in [1.54, 1.807) is 4.90 Å². The molecule has 3 N–H and O–H groups in total. The van der Waals surface area contributed by atoms with Gasteiger partial charge in [0.25, 0.3) is 5.91 Å². The lowest BCUT2D eigenvalue weighted by Crippen LogP contribution is -2.37. The molecule has 0 saturated carbocycles. The van der Waals surface area contributed by atoms with Crippen molar-refractivity contribution in [2.24, 2.45) is 5.73 Å². The summed E-state index contributed by atoms with van der Waals surface area (Å²) >= 11 is 0. The van der Waals surface area contributed by atoms with Crippen LogP contribution in [-0.2, 0) is 4.79 Å². The highest BCUT2D eigenvalue weighted by molar-refractivity contribution is 5.96. The quantitative estimate of drug-likeness (QED) is 0.723. The predicted octanol–water partition coefficient (Wildman–Crippen LogP) is 1.25. The van der Waals surface area contributed by atoms with E-state index in [2.05, 4.69) is 27.1 Å². The first kappa shape index (κ1) is 19.3. The summed E-state index contributed by atoms with van der Waals surface area (Å²) in [5.74, 6) is -0.223. The second kappa shape index (κ2) is 8.03. The molecule has 9 heteroatoms. The van der Waals surface area contributed by atoms with Gasteiger partial charge in [0, 0.05) is 25.8 Å². The van der Waals surface area contributed by atoms with Gasteiger partial charge in [-0.25, -0.2) is 0 Å². The van der Waals surface area contributed by atoms with Gasteiger partial charge in [-0.2, -0.15) is 4.98 Å². The Balaban J connectivity index is 1.85. The van der Waals surface area contributed by atoms with Crippen molar-refractivity contribution in [3.8, 4) is 0 Å². The van der Waals surface area contributed by atoms with Crippen LogP contribution in [0.4, 0.5) is 17.5 Å². The molecule has 3 rings (SSSR count). The highest BCUT2D eigenvalue weighted by Gasteiger charge is 2.29. The van der Waals surface area contributed by atoms with Gasteiger partial charge in [-0.1, -0.05) is 18.7 Å². The average Bonchev–Trinajstić information content (AvgIpc) is 3.16. The Hall–Kier alpha value is -3.49. The number of nitrogens with two attached hydrogens (primary N) is 1. The third-order valence-electron chi connectivity index (χ3n) is 4.70. The van der Waals surface area contributed by atoms with E-state index < -0.39 is 5.91 Å². The number of nitrogens with one attached hydrogen (secondary N) is 1. The van der Waals surface area contributed by atoms with E-state index in [-0.39, 0.29) is 23.5 Å². The Labute approximate surface area is 163 Å². The summed E-state index contributed by atoms with van der Waals surface area (Å²) < 4.78 is 0. The number of hydrogen-bond donors (Lipinski definition) is 2. The van der Waals surface area contributed by atoms with Gasteiger partial charge >= 0.3 is 0 Å². The van der Waals surface area contributed by atoms with Crippen molar-refractivity contribution in [1.29, 1.82) is 0 Å². The molecule has 2 heterocycles. The molecular weight excluding hydrogens is 358 g/mol. The van der Waals surface area contributed by atoms with Crippen molar-refractivity contribution in [2.45, 2.75) is 19.4 Å². The number of aromatic nitrogens is 3. The van der Waals surface area contributed by atoms with Crippen molar-refractivity contribution < 1.29 is 9.59 Å². The van der Waals surface area contributed by atoms with Crippen molar-refractivity contribution in [1.82, 2.24) is 20.1 Å². The molecule has 0 unspecified atom stereocenters. The van der Waals surface area contributed by atoms with Gasteiger partial charge in [0.05, 0.1) is 6.04 Å². The molecule has 1 aromatic heterocycles. The Morgan fingerprint density at radius 2 is 2.18 bits per heavy atom. The van der Waals surface area contributed by atoms with E-state index >= 15 is 0 Å².